The smallest absolute Gasteiger partial charge is 0.279 e. The monoisotopic (exact) mass is 318 g/mol. The molecule has 6 nitrogen and oxygen atoms in total. The van der Waals surface area contributed by atoms with Gasteiger partial charge in [0.05, 0.1) is 25.3 Å². The van der Waals surface area contributed by atoms with E-state index in [1.165, 1.54) is 12.8 Å². The van der Waals surface area contributed by atoms with Crippen LogP contribution in [0.3, 0.4) is 0 Å². The molecule has 23 heavy (non-hydrogen) atoms. The molecule has 0 bridgehead atoms. The summed E-state index contributed by atoms with van der Waals surface area (Å²) in [5.41, 5.74) is 0.631. The summed E-state index contributed by atoms with van der Waals surface area (Å²) in [6, 6.07) is 7.60. The number of quaternary nitrogens is 1. The van der Waals surface area contributed by atoms with Crippen molar-refractivity contribution in [3.8, 4) is 5.75 Å². The normalized spacial score (nSPS) is 26.8. The van der Waals surface area contributed by atoms with Crippen molar-refractivity contribution in [1.82, 2.24) is 5.32 Å². The van der Waals surface area contributed by atoms with Gasteiger partial charge in [-0.25, -0.2) is 0 Å². The largest absolute Gasteiger partial charge is 0.495 e. The third kappa shape index (κ3) is 3.64. The van der Waals surface area contributed by atoms with Crippen LogP contribution < -0.4 is 20.7 Å². The van der Waals surface area contributed by atoms with Crippen LogP contribution >= 0.6 is 0 Å². The molecule has 1 aliphatic carbocycles. The highest BCUT2D eigenvalue weighted by atomic mass is 16.5. The SMILES string of the molecule is COc1ccccc1NC(=O)C[C@H]1[NH2+][C@H]2CCCC[C@H]2NC1=O. The lowest BCUT2D eigenvalue weighted by Crippen LogP contribution is -3.03. The van der Waals surface area contributed by atoms with Crippen molar-refractivity contribution in [2.45, 2.75) is 50.2 Å². The molecule has 1 aromatic carbocycles. The highest BCUT2D eigenvalue weighted by Crippen LogP contribution is 2.23. The molecule has 2 aliphatic rings. The topological polar surface area (TPSA) is 84.0 Å². The van der Waals surface area contributed by atoms with Crippen LogP contribution in [0.1, 0.15) is 32.1 Å². The highest BCUT2D eigenvalue weighted by molar-refractivity contribution is 5.96. The van der Waals surface area contributed by atoms with Crippen molar-refractivity contribution < 1.29 is 19.6 Å². The zero-order valence-corrected chi connectivity index (χ0v) is 13.4. The van der Waals surface area contributed by atoms with Crippen molar-refractivity contribution in [3.05, 3.63) is 24.3 Å². The fraction of sp³-hybridized carbons (Fsp3) is 0.529. The van der Waals surface area contributed by atoms with E-state index in [0.29, 0.717) is 17.5 Å². The van der Waals surface area contributed by atoms with Gasteiger partial charge < -0.3 is 20.7 Å². The fourth-order valence-corrected chi connectivity index (χ4v) is 3.55. The first-order valence-electron chi connectivity index (χ1n) is 8.25. The maximum atomic E-state index is 12.3. The first-order valence-corrected chi connectivity index (χ1v) is 8.25. The van der Waals surface area contributed by atoms with Crippen LogP contribution in [0, 0.1) is 0 Å². The van der Waals surface area contributed by atoms with Crippen LogP contribution in [0.2, 0.25) is 0 Å². The third-order valence-corrected chi connectivity index (χ3v) is 4.75. The number of nitrogens with one attached hydrogen (secondary N) is 2. The van der Waals surface area contributed by atoms with Gasteiger partial charge in [-0.3, -0.25) is 9.59 Å². The van der Waals surface area contributed by atoms with Crippen molar-refractivity contribution >= 4 is 17.5 Å². The van der Waals surface area contributed by atoms with Crippen LogP contribution in [0.15, 0.2) is 24.3 Å². The van der Waals surface area contributed by atoms with Gasteiger partial charge in [-0.15, -0.1) is 0 Å². The van der Waals surface area contributed by atoms with E-state index in [1.807, 2.05) is 12.1 Å². The lowest BCUT2D eigenvalue weighted by molar-refractivity contribution is -0.718. The van der Waals surface area contributed by atoms with Gasteiger partial charge in [0.15, 0.2) is 6.04 Å². The Morgan fingerprint density at radius 1 is 1.35 bits per heavy atom. The first-order chi connectivity index (χ1) is 11.2. The van der Waals surface area contributed by atoms with E-state index in [1.54, 1.807) is 19.2 Å². The number of ether oxygens (including phenoxy) is 1. The van der Waals surface area contributed by atoms with Crippen molar-refractivity contribution in [3.63, 3.8) is 0 Å². The number of fused-ring (bicyclic) bond motifs is 1. The Balaban J connectivity index is 1.60. The predicted molar refractivity (Wildman–Crippen MR) is 86.1 cm³/mol. The fourth-order valence-electron chi connectivity index (χ4n) is 3.55. The number of para-hydroxylation sites is 2. The molecule has 1 aliphatic heterocycles. The Kier molecular flexibility index (Phi) is 4.81. The number of carbonyl (C=O) groups is 2. The summed E-state index contributed by atoms with van der Waals surface area (Å²) < 4.78 is 5.23. The van der Waals surface area contributed by atoms with E-state index in [4.69, 9.17) is 4.74 Å². The molecule has 4 N–H and O–H groups in total. The Morgan fingerprint density at radius 2 is 2.13 bits per heavy atom. The lowest BCUT2D eigenvalue weighted by Gasteiger charge is -2.37. The Morgan fingerprint density at radius 3 is 2.96 bits per heavy atom. The summed E-state index contributed by atoms with van der Waals surface area (Å²) in [5, 5.41) is 8.01. The molecular formula is C17H24N3O3+. The summed E-state index contributed by atoms with van der Waals surface area (Å²) in [6.45, 7) is 0. The minimum atomic E-state index is -0.343. The van der Waals surface area contributed by atoms with E-state index < -0.39 is 0 Å². The summed E-state index contributed by atoms with van der Waals surface area (Å²) in [5.74, 6) is 0.425. The number of benzene rings is 1. The van der Waals surface area contributed by atoms with E-state index in [9.17, 15) is 9.59 Å². The number of carbonyl (C=O) groups excluding carboxylic acids is 2. The Bertz CT molecular complexity index is 590. The molecule has 2 fully saturated rings. The minimum Gasteiger partial charge on any atom is -0.495 e. The molecule has 3 rings (SSSR count). The van der Waals surface area contributed by atoms with Crippen molar-refractivity contribution in [1.29, 1.82) is 0 Å². The second-order valence-corrected chi connectivity index (χ2v) is 6.31. The van der Waals surface area contributed by atoms with Crippen molar-refractivity contribution in [2.75, 3.05) is 12.4 Å². The van der Waals surface area contributed by atoms with E-state index in [2.05, 4.69) is 16.0 Å². The Hall–Kier alpha value is -2.08. The molecule has 6 heteroatoms. The van der Waals surface area contributed by atoms with Crippen LogP contribution in [0.5, 0.6) is 5.75 Å². The summed E-state index contributed by atoms with van der Waals surface area (Å²) in [6.07, 6.45) is 4.71. The lowest BCUT2D eigenvalue weighted by atomic mass is 9.87. The number of nitrogens with two attached hydrogens (primary N) is 1. The highest BCUT2D eigenvalue weighted by Gasteiger charge is 2.40. The van der Waals surface area contributed by atoms with Gasteiger partial charge in [0.25, 0.3) is 5.91 Å². The number of amides is 2. The van der Waals surface area contributed by atoms with Gasteiger partial charge in [0.1, 0.15) is 11.8 Å². The van der Waals surface area contributed by atoms with Gasteiger partial charge in [-0.05, 0) is 25.0 Å². The molecule has 0 spiro atoms. The quantitative estimate of drug-likeness (QED) is 0.751. The number of hydrogen-bond donors (Lipinski definition) is 3. The average Bonchev–Trinajstić information content (AvgIpc) is 2.56. The maximum Gasteiger partial charge on any atom is 0.279 e. The number of anilines is 1. The molecule has 1 aromatic rings. The maximum absolute atomic E-state index is 12.3. The number of methoxy groups -OCH3 is 1. The summed E-state index contributed by atoms with van der Waals surface area (Å²) >= 11 is 0. The summed E-state index contributed by atoms with van der Waals surface area (Å²) in [7, 11) is 1.57. The van der Waals surface area contributed by atoms with Crippen LogP contribution in [-0.4, -0.2) is 37.0 Å². The number of hydrogen-bond acceptors (Lipinski definition) is 3. The van der Waals surface area contributed by atoms with Crippen LogP contribution in [0.4, 0.5) is 5.69 Å². The molecule has 1 saturated heterocycles. The molecule has 0 unspecified atom stereocenters. The molecule has 0 aromatic heterocycles. The molecule has 2 amide bonds. The predicted octanol–water partition coefficient (Wildman–Crippen LogP) is 0.397. The molecular weight excluding hydrogens is 294 g/mol. The van der Waals surface area contributed by atoms with E-state index in [-0.39, 0.29) is 30.3 Å². The van der Waals surface area contributed by atoms with Crippen LogP contribution in [-0.2, 0) is 9.59 Å². The standard InChI is InChI=1S/C17H23N3O3/c1-23-15-9-5-4-8-13(15)19-16(21)10-14-17(22)20-12-7-3-2-6-11(12)18-14/h4-5,8-9,11-12,14,18H,2-3,6-7,10H2,1H3,(H,19,21)(H,20,22)/p+1/t11-,12+,14+/m0/s1. The van der Waals surface area contributed by atoms with E-state index in [0.717, 1.165) is 12.8 Å². The van der Waals surface area contributed by atoms with Gasteiger partial charge in [-0.1, -0.05) is 18.6 Å². The van der Waals surface area contributed by atoms with Gasteiger partial charge in [0, 0.05) is 6.42 Å². The van der Waals surface area contributed by atoms with Gasteiger partial charge in [-0.2, -0.15) is 0 Å². The number of rotatable bonds is 4. The first kappa shape index (κ1) is 15.8. The molecule has 3 atom stereocenters. The Labute approximate surface area is 136 Å². The van der Waals surface area contributed by atoms with Gasteiger partial charge >= 0.3 is 0 Å². The molecule has 124 valence electrons. The van der Waals surface area contributed by atoms with Crippen molar-refractivity contribution in [2.24, 2.45) is 0 Å². The second kappa shape index (κ2) is 7.00. The average molecular weight is 318 g/mol. The van der Waals surface area contributed by atoms with E-state index >= 15 is 0 Å². The second-order valence-electron chi connectivity index (χ2n) is 6.31. The molecule has 0 radical (unpaired) electrons. The summed E-state index contributed by atoms with van der Waals surface area (Å²) in [4.78, 5) is 24.5. The number of piperazine rings is 1. The third-order valence-electron chi connectivity index (χ3n) is 4.75. The zero-order valence-electron chi connectivity index (χ0n) is 13.4. The molecule has 1 heterocycles. The minimum absolute atomic E-state index is 0.0247. The van der Waals surface area contributed by atoms with Crippen LogP contribution in [0.25, 0.3) is 0 Å². The molecule has 1 saturated carbocycles. The zero-order chi connectivity index (χ0) is 16.2. The van der Waals surface area contributed by atoms with Gasteiger partial charge in [0.2, 0.25) is 5.91 Å².